The lowest BCUT2D eigenvalue weighted by Crippen LogP contribution is -2.32. The lowest BCUT2D eigenvalue weighted by Gasteiger charge is -2.17. The van der Waals surface area contributed by atoms with E-state index < -0.39 is 5.91 Å². The maximum absolute atomic E-state index is 12.1. The number of para-hydroxylation sites is 1. The second-order valence-corrected chi connectivity index (χ2v) is 4.58. The number of carbonyl (C=O) groups is 2. The number of hydrogen-bond acceptors (Lipinski definition) is 3. The standard InChI is InChI=1S/C16H17N3O2/c1-19(14-5-3-2-4-6-14)15(20)11-18-13-9-7-12(8-10-13)16(17)21/h2-10,18H,11H2,1H3,(H2,17,21). The predicted octanol–water partition coefficient (Wildman–Crippen LogP) is 1.86. The molecule has 0 spiro atoms. The summed E-state index contributed by atoms with van der Waals surface area (Å²) < 4.78 is 0. The minimum absolute atomic E-state index is 0.0554. The highest BCUT2D eigenvalue weighted by atomic mass is 16.2. The Hall–Kier alpha value is -2.82. The molecule has 0 bridgehead atoms. The fourth-order valence-corrected chi connectivity index (χ4v) is 1.84. The van der Waals surface area contributed by atoms with Crippen LogP contribution in [0.4, 0.5) is 11.4 Å². The summed E-state index contributed by atoms with van der Waals surface area (Å²) >= 11 is 0. The van der Waals surface area contributed by atoms with E-state index in [0.29, 0.717) is 5.56 Å². The zero-order valence-electron chi connectivity index (χ0n) is 11.7. The number of benzene rings is 2. The first-order chi connectivity index (χ1) is 10.1. The molecule has 0 saturated heterocycles. The Morgan fingerprint density at radius 2 is 1.67 bits per heavy atom. The average Bonchev–Trinajstić information content (AvgIpc) is 2.53. The molecule has 0 unspecified atom stereocenters. The van der Waals surface area contributed by atoms with Crippen molar-refractivity contribution in [2.75, 3.05) is 23.8 Å². The number of nitrogens with two attached hydrogens (primary N) is 1. The van der Waals surface area contributed by atoms with Crippen LogP contribution in [0.25, 0.3) is 0 Å². The van der Waals surface area contributed by atoms with E-state index in [9.17, 15) is 9.59 Å². The second kappa shape index (κ2) is 6.56. The van der Waals surface area contributed by atoms with Gasteiger partial charge in [-0.1, -0.05) is 18.2 Å². The van der Waals surface area contributed by atoms with E-state index in [4.69, 9.17) is 5.73 Å². The Morgan fingerprint density at radius 3 is 2.24 bits per heavy atom. The molecule has 0 aliphatic rings. The van der Waals surface area contributed by atoms with E-state index in [2.05, 4.69) is 5.32 Å². The first kappa shape index (κ1) is 14.6. The van der Waals surface area contributed by atoms with E-state index >= 15 is 0 Å². The molecule has 0 heterocycles. The van der Waals surface area contributed by atoms with E-state index in [1.807, 2.05) is 30.3 Å². The number of amides is 2. The monoisotopic (exact) mass is 283 g/mol. The zero-order valence-corrected chi connectivity index (χ0v) is 11.7. The van der Waals surface area contributed by atoms with E-state index in [1.54, 1.807) is 36.2 Å². The van der Waals surface area contributed by atoms with Gasteiger partial charge in [-0.2, -0.15) is 0 Å². The summed E-state index contributed by atoms with van der Waals surface area (Å²) in [5.74, 6) is -0.526. The van der Waals surface area contributed by atoms with Crippen molar-refractivity contribution >= 4 is 23.2 Å². The fraction of sp³-hybridized carbons (Fsp3) is 0.125. The molecule has 2 aromatic carbocycles. The molecule has 5 nitrogen and oxygen atoms in total. The SMILES string of the molecule is CN(C(=O)CNc1ccc(C(N)=O)cc1)c1ccccc1. The van der Waals surface area contributed by atoms with Crippen molar-refractivity contribution in [3.05, 3.63) is 60.2 Å². The van der Waals surface area contributed by atoms with Crippen LogP contribution in [0.1, 0.15) is 10.4 Å². The lowest BCUT2D eigenvalue weighted by molar-refractivity contribution is -0.116. The molecule has 0 radical (unpaired) electrons. The summed E-state index contributed by atoms with van der Waals surface area (Å²) in [6.07, 6.45) is 0. The highest BCUT2D eigenvalue weighted by Crippen LogP contribution is 2.12. The highest BCUT2D eigenvalue weighted by molar-refractivity contribution is 5.96. The first-order valence-electron chi connectivity index (χ1n) is 6.53. The van der Waals surface area contributed by atoms with Crippen LogP contribution in [-0.2, 0) is 4.79 Å². The van der Waals surface area contributed by atoms with Crippen molar-refractivity contribution in [1.29, 1.82) is 0 Å². The number of nitrogens with one attached hydrogen (secondary N) is 1. The number of nitrogens with zero attached hydrogens (tertiary/aromatic N) is 1. The van der Waals surface area contributed by atoms with Gasteiger partial charge in [0, 0.05) is 24.0 Å². The van der Waals surface area contributed by atoms with Crippen LogP contribution in [-0.4, -0.2) is 25.4 Å². The third-order valence-corrected chi connectivity index (χ3v) is 3.13. The fourth-order valence-electron chi connectivity index (χ4n) is 1.84. The number of primary amides is 1. The lowest BCUT2D eigenvalue weighted by atomic mass is 10.2. The molecule has 0 aromatic heterocycles. The minimum Gasteiger partial charge on any atom is -0.376 e. The number of hydrogen-bond donors (Lipinski definition) is 2. The smallest absolute Gasteiger partial charge is 0.248 e. The minimum atomic E-state index is -0.471. The van der Waals surface area contributed by atoms with Gasteiger partial charge in [-0.15, -0.1) is 0 Å². The summed E-state index contributed by atoms with van der Waals surface area (Å²) in [7, 11) is 1.73. The van der Waals surface area contributed by atoms with Crippen molar-refractivity contribution in [2.24, 2.45) is 5.73 Å². The third kappa shape index (κ3) is 3.82. The molecule has 2 rings (SSSR count). The normalized spacial score (nSPS) is 9.95. The van der Waals surface area contributed by atoms with Crippen LogP contribution < -0.4 is 16.0 Å². The van der Waals surface area contributed by atoms with Gasteiger partial charge in [-0.3, -0.25) is 9.59 Å². The summed E-state index contributed by atoms with van der Waals surface area (Å²) in [5, 5.41) is 3.02. The van der Waals surface area contributed by atoms with E-state index in [1.165, 1.54) is 0 Å². The van der Waals surface area contributed by atoms with Crippen molar-refractivity contribution in [1.82, 2.24) is 0 Å². The third-order valence-electron chi connectivity index (χ3n) is 3.13. The maximum Gasteiger partial charge on any atom is 0.248 e. The average molecular weight is 283 g/mol. The van der Waals surface area contributed by atoms with E-state index in [-0.39, 0.29) is 12.5 Å². The van der Waals surface area contributed by atoms with Crippen LogP contribution in [0.3, 0.4) is 0 Å². The number of likely N-dealkylation sites (N-methyl/N-ethyl adjacent to an activating group) is 1. The van der Waals surface area contributed by atoms with Gasteiger partial charge in [0.15, 0.2) is 0 Å². The van der Waals surface area contributed by atoms with Crippen molar-refractivity contribution in [3.8, 4) is 0 Å². The Kier molecular flexibility index (Phi) is 4.56. The van der Waals surface area contributed by atoms with Gasteiger partial charge >= 0.3 is 0 Å². The molecule has 2 aromatic rings. The van der Waals surface area contributed by atoms with Crippen LogP contribution in [0.15, 0.2) is 54.6 Å². The molecule has 5 heteroatoms. The topological polar surface area (TPSA) is 75.4 Å². The summed E-state index contributed by atoms with van der Waals surface area (Å²) in [5.41, 5.74) is 7.21. The van der Waals surface area contributed by atoms with Gasteiger partial charge < -0.3 is 16.0 Å². The molecule has 3 N–H and O–H groups in total. The maximum atomic E-state index is 12.1. The first-order valence-corrected chi connectivity index (χ1v) is 6.53. The molecule has 0 saturated carbocycles. The van der Waals surface area contributed by atoms with Gasteiger partial charge in [0.2, 0.25) is 11.8 Å². The number of carbonyl (C=O) groups excluding carboxylic acids is 2. The molecular weight excluding hydrogens is 266 g/mol. The molecule has 0 aliphatic carbocycles. The quantitative estimate of drug-likeness (QED) is 0.879. The van der Waals surface area contributed by atoms with Crippen LogP contribution in [0.5, 0.6) is 0 Å². The second-order valence-electron chi connectivity index (χ2n) is 4.58. The Bertz CT molecular complexity index is 624. The molecule has 108 valence electrons. The van der Waals surface area contributed by atoms with Crippen LogP contribution in [0, 0.1) is 0 Å². The Balaban J connectivity index is 1.93. The number of anilines is 2. The van der Waals surface area contributed by atoms with Gasteiger partial charge in [0.05, 0.1) is 6.54 Å². The van der Waals surface area contributed by atoms with Crippen molar-refractivity contribution in [3.63, 3.8) is 0 Å². The highest BCUT2D eigenvalue weighted by Gasteiger charge is 2.10. The van der Waals surface area contributed by atoms with Crippen molar-refractivity contribution in [2.45, 2.75) is 0 Å². The zero-order chi connectivity index (χ0) is 15.2. The van der Waals surface area contributed by atoms with Crippen LogP contribution in [0.2, 0.25) is 0 Å². The van der Waals surface area contributed by atoms with E-state index in [0.717, 1.165) is 11.4 Å². The summed E-state index contributed by atoms with van der Waals surface area (Å²) in [4.78, 5) is 24.6. The summed E-state index contributed by atoms with van der Waals surface area (Å²) in [6, 6.07) is 16.1. The molecule has 2 amide bonds. The molecule has 0 aliphatic heterocycles. The van der Waals surface area contributed by atoms with Gasteiger partial charge in [0.1, 0.15) is 0 Å². The molecule has 0 fully saturated rings. The largest absolute Gasteiger partial charge is 0.376 e. The molecule has 21 heavy (non-hydrogen) atoms. The molecule has 0 atom stereocenters. The molecular formula is C16H17N3O2. The van der Waals surface area contributed by atoms with Crippen molar-refractivity contribution < 1.29 is 9.59 Å². The van der Waals surface area contributed by atoms with Gasteiger partial charge in [-0.25, -0.2) is 0 Å². The Labute approximate surface area is 123 Å². The van der Waals surface area contributed by atoms with Gasteiger partial charge in [-0.05, 0) is 36.4 Å². The predicted molar refractivity (Wildman–Crippen MR) is 83.3 cm³/mol. The van der Waals surface area contributed by atoms with Crippen LogP contribution >= 0.6 is 0 Å². The Morgan fingerprint density at radius 1 is 1.05 bits per heavy atom. The number of rotatable bonds is 5. The summed E-state index contributed by atoms with van der Waals surface area (Å²) in [6.45, 7) is 0.168. The van der Waals surface area contributed by atoms with Gasteiger partial charge in [0.25, 0.3) is 0 Å².